The zero-order valence-corrected chi connectivity index (χ0v) is 7.83. The van der Waals surface area contributed by atoms with E-state index in [-0.39, 0.29) is 11.3 Å². The van der Waals surface area contributed by atoms with Crippen LogP contribution in [-0.2, 0) is 0 Å². The number of phenols is 1. The predicted molar refractivity (Wildman–Crippen MR) is 50.8 cm³/mol. The summed E-state index contributed by atoms with van der Waals surface area (Å²) in [5.41, 5.74) is 0.209. The van der Waals surface area contributed by atoms with Gasteiger partial charge in [-0.05, 0) is 13.0 Å². The molecule has 0 amide bonds. The van der Waals surface area contributed by atoms with Crippen LogP contribution >= 0.6 is 0 Å². The van der Waals surface area contributed by atoms with Crippen molar-refractivity contribution < 1.29 is 20.4 Å². The maximum absolute atomic E-state index is 9.57. The number of hydrogen-bond acceptors (Lipinski definition) is 4. The molecule has 0 aliphatic heterocycles. The number of rotatable bonds is 3. The summed E-state index contributed by atoms with van der Waals surface area (Å²) in [6, 6.07) is 6.15. The number of para-hydroxylation sites is 1. The van der Waals surface area contributed by atoms with E-state index in [2.05, 4.69) is 0 Å². The summed E-state index contributed by atoms with van der Waals surface area (Å²) in [5, 5.41) is 37.3. The number of benzene rings is 1. The van der Waals surface area contributed by atoms with Crippen molar-refractivity contribution in [2.24, 2.45) is 0 Å². The van der Waals surface area contributed by atoms with Crippen molar-refractivity contribution in [2.75, 3.05) is 0 Å². The smallest absolute Gasteiger partial charge is 0.121 e. The van der Waals surface area contributed by atoms with Gasteiger partial charge < -0.3 is 20.4 Å². The zero-order valence-electron chi connectivity index (χ0n) is 7.83. The molecule has 0 saturated carbocycles. The van der Waals surface area contributed by atoms with Crippen LogP contribution in [0, 0.1) is 0 Å². The van der Waals surface area contributed by atoms with Crippen molar-refractivity contribution in [1.29, 1.82) is 0 Å². The molecule has 0 aromatic heterocycles. The maximum atomic E-state index is 9.57. The van der Waals surface area contributed by atoms with E-state index in [0.717, 1.165) is 0 Å². The number of aliphatic hydroxyl groups excluding tert-OH is 3. The highest BCUT2D eigenvalue weighted by atomic mass is 16.4. The summed E-state index contributed by atoms with van der Waals surface area (Å²) < 4.78 is 0. The lowest BCUT2D eigenvalue weighted by Gasteiger charge is -2.20. The van der Waals surface area contributed by atoms with Crippen molar-refractivity contribution in [1.82, 2.24) is 0 Å². The van der Waals surface area contributed by atoms with Gasteiger partial charge in [-0.2, -0.15) is 0 Å². The van der Waals surface area contributed by atoms with Gasteiger partial charge in [0.25, 0.3) is 0 Å². The average Bonchev–Trinajstić information content (AvgIpc) is 2.16. The minimum atomic E-state index is -1.30. The summed E-state index contributed by atoms with van der Waals surface area (Å²) in [6.07, 6.45) is -3.64. The second-order valence-electron chi connectivity index (χ2n) is 3.23. The summed E-state index contributed by atoms with van der Waals surface area (Å²) in [7, 11) is 0. The van der Waals surface area contributed by atoms with Gasteiger partial charge in [-0.3, -0.25) is 0 Å². The second-order valence-corrected chi connectivity index (χ2v) is 3.23. The monoisotopic (exact) mass is 198 g/mol. The number of phenolic OH excluding ortho intramolecular Hbond substituents is 1. The van der Waals surface area contributed by atoms with Crippen LogP contribution in [-0.4, -0.2) is 32.6 Å². The fourth-order valence-corrected chi connectivity index (χ4v) is 1.19. The lowest BCUT2D eigenvalue weighted by Crippen LogP contribution is -2.29. The Morgan fingerprint density at radius 3 is 2.14 bits per heavy atom. The van der Waals surface area contributed by atoms with Gasteiger partial charge >= 0.3 is 0 Å². The van der Waals surface area contributed by atoms with Crippen LogP contribution in [0.3, 0.4) is 0 Å². The Morgan fingerprint density at radius 2 is 1.64 bits per heavy atom. The van der Waals surface area contributed by atoms with Crippen LogP contribution in [0.1, 0.15) is 18.6 Å². The fraction of sp³-hybridized carbons (Fsp3) is 0.400. The summed E-state index contributed by atoms with van der Waals surface area (Å²) in [6.45, 7) is 1.37. The van der Waals surface area contributed by atoms with Crippen LogP contribution < -0.4 is 0 Å². The molecule has 4 heteroatoms. The molecule has 0 aliphatic carbocycles. The van der Waals surface area contributed by atoms with E-state index < -0.39 is 18.3 Å². The molecule has 0 heterocycles. The minimum absolute atomic E-state index is 0.0975. The van der Waals surface area contributed by atoms with Crippen LogP contribution in [0.5, 0.6) is 5.75 Å². The van der Waals surface area contributed by atoms with Gasteiger partial charge in [-0.15, -0.1) is 0 Å². The average molecular weight is 198 g/mol. The van der Waals surface area contributed by atoms with Gasteiger partial charge in [-0.1, -0.05) is 18.2 Å². The first kappa shape index (κ1) is 11.0. The van der Waals surface area contributed by atoms with Crippen LogP contribution in [0.2, 0.25) is 0 Å². The molecule has 1 rings (SSSR count). The van der Waals surface area contributed by atoms with E-state index in [1.54, 1.807) is 12.1 Å². The first-order valence-electron chi connectivity index (χ1n) is 4.36. The van der Waals surface area contributed by atoms with Crippen LogP contribution in [0.4, 0.5) is 0 Å². The third kappa shape index (κ3) is 2.23. The summed E-state index contributed by atoms with van der Waals surface area (Å²) in [5.74, 6) is -0.0975. The molecule has 0 saturated heterocycles. The highest BCUT2D eigenvalue weighted by molar-refractivity contribution is 5.34. The Morgan fingerprint density at radius 1 is 1.07 bits per heavy atom. The molecular formula is C10H14O4. The molecule has 3 atom stereocenters. The SMILES string of the molecule is CC(O)C(O)C(O)c1ccccc1O. The Kier molecular flexibility index (Phi) is 3.46. The summed E-state index contributed by atoms with van der Waals surface area (Å²) in [4.78, 5) is 0. The van der Waals surface area contributed by atoms with Gasteiger partial charge in [0.15, 0.2) is 0 Å². The molecule has 0 spiro atoms. The van der Waals surface area contributed by atoms with Crippen molar-refractivity contribution in [3.05, 3.63) is 29.8 Å². The highest BCUT2D eigenvalue weighted by Gasteiger charge is 2.24. The first-order valence-corrected chi connectivity index (χ1v) is 4.36. The molecule has 0 bridgehead atoms. The molecule has 14 heavy (non-hydrogen) atoms. The largest absolute Gasteiger partial charge is 0.508 e. The Hall–Kier alpha value is -1.10. The predicted octanol–water partition coefficient (Wildman–Crippen LogP) is 0.167. The number of hydrogen-bond donors (Lipinski definition) is 4. The third-order valence-electron chi connectivity index (χ3n) is 2.07. The lowest BCUT2D eigenvalue weighted by atomic mass is 10.0. The van der Waals surface area contributed by atoms with E-state index in [0.29, 0.717) is 0 Å². The molecule has 0 radical (unpaired) electrons. The van der Waals surface area contributed by atoms with Gasteiger partial charge in [0.2, 0.25) is 0 Å². The van der Waals surface area contributed by atoms with Gasteiger partial charge in [0.1, 0.15) is 18.0 Å². The van der Waals surface area contributed by atoms with Gasteiger partial charge in [0.05, 0.1) is 6.10 Å². The van der Waals surface area contributed by atoms with Gasteiger partial charge in [0, 0.05) is 5.56 Å². The number of aromatic hydroxyl groups is 1. The quantitative estimate of drug-likeness (QED) is 0.558. The van der Waals surface area contributed by atoms with Crippen molar-refractivity contribution >= 4 is 0 Å². The van der Waals surface area contributed by atoms with E-state index in [4.69, 9.17) is 5.11 Å². The molecule has 3 unspecified atom stereocenters. The molecule has 4 nitrogen and oxygen atoms in total. The maximum Gasteiger partial charge on any atom is 0.121 e. The Balaban J connectivity index is 2.89. The molecule has 4 N–H and O–H groups in total. The second kappa shape index (κ2) is 4.41. The topological polar surface area (TPSA) is 80.9 Å². The molecule has 0 fully saturated rings. The van der Waals surface area contributed by atoms with Crippen molar-refractivity contribution in [3.63, 3.8) is 0 Å². The lowest BCUT2D eigenvalue weighted by molar-refractivity contribution is -0.0538. The highest BCUT2D eigenvalue weighted by Crippen LogP contribution is 2.26. The Bertz CT molecular complexity index is 298. The first-order chi connectivity index (χ1) is 6.54. The zero-order chi connectivity index (χ0) is 10.7. The van der Waals surface area contributed by atoms with E-state index in [1.165, 1.54) is 19.1 Å². The molecular weight excluding hydrogens is 184 g/mol. The Labute approximate surface area is 82.1 Å². The standard InChI is InChI=1S/C10H14O4/c1-6(11)9(13)10(14)7-4-2-3-5-8(7)12/h2-6,9-14H,1H3. The van der Waals surface area contributed by atoms with Crippen LogP contribution in [0.15, 0.2) is 24.3 Å². The van der Waals surface area contributed by atoms with E-state index in [1.807, 2.05) is 0 Å². The summed E-state index contributed by atoms with van der Waals surface area (Å²) >= 11 is 0. The molecule has 1 aromatic carbocycles. The minimum Gasteiger partial charge on any atom is -0.508 e. The van der Waals surface area contributed by atoms with Crippen molar-refractivity contribution in [2.45, 2.75) is 25.2 Å². The number of aliphatic hydroxyl groups is 3. The third-order valence-corrected chi connectivity index (χ3v) is 2.07. The van der Waals surface area contributed by atoms with Crippen LogP contribution in [0.25, 0.3) is 0 Å². The molecule has 1 aromatic rings. The van der Waals surface area contributed by atoms with E-state index in [9.17, 15) is 15.3 Å². The molecule has 78 valence electrons. The van der Waals surface area contributed by atoms with Crippen molar-refractivity contribution in [3.8, 4) is 5.75 Å². The molecule has 0 aliphatic rings. The van der Waals surface area contributed by atoms with E-state index >= 15 is 0 Å². The fourth-order valence-electron chi connectivity index (χ4n) is 1.19. The van der Waals surface area contributed by atoms with Gasteiger partial charge in [-0.25, -0.2) is 0 Å². The normalized spacial score (nSPS) is 17.4.